The minimum absolute atomic E-state index is 0.0280. The van der Waals surface area contributed by atoms with Crippen LogP contribution in [0.5, 0.6) is 0 Å². The fourth-order valence-electron chi connectivity index (χ4n) is 2.91. The van der Waals surface area contributed by atoms with Gasteiger partial charge in [-0.3, -0.25) is 4.79 Å². The number of amides is 1. The smallest absolute Gasteiger partial charge is 0.328 e. The number of hydrogen-bond donors (Lipinski definition) is 1. The van der Waals surface area contributed by atoms with Gasteiger partial charge in [0.2, 0.25) is 0 Å². The summed E-state index contributed by atoms with van der Waals surface area (Å²) in [5.74, 6) is -0.967. The van der Waals surface area contributed by atoms with Crippen molar-refractivity contribution >= 4 is 18.0 Å². The van der Waals surface area contributed by atoms with Crippen LogP contribution in [0.2, 0.25) is 0 Å². The molecule has 1 heterocycles. The number of carbonyl (C=O) groups excluding carboxylic acids is 1. The quantitative estimate of drug-likeness (QED) is 0.869. The molecule has 0 saturated carbocycles. The van der Waals surface area contributed by atoms with Gasteiger partial charge in [-0.1, -0.05) is 12.1 Å². The maximum Gasteiger partial charge on any atom is 0.328 e. The second kappa shape index (κ2) is 6.57. The highest BCUT2D eigenvalue weighted by Gasteiger charge is 2.29. The summed E-state index contributed by atoms with van der Waals surface area (Å²) in [6, 6.07) is 7.61. The van der Waals surface area contributed by atoms with E-state index in [0.717, 1.165) is 30.9 Å². The zero-order valence-electron chi connectivity index (χ0n) is 12.5. The molecule has 1 saturated heterocycles. The number of piperidine rings is 1. The summed E-state index contributed by atoms with van der Waals surface area (Å²) >= 11 is 0. The molecule has 0 radical (unpaired) electrons. The Morgan fingerprint density at radius 1 is 1.24 bits per heavy atom. The number of likely N-dealkylation sites (tertiary alicyclic amines) is 1. The third-order valence-corrected chi connectivity index (χ3v) is 3.98. The molecule has 1 aromatic carbocycles. The van der Waals surface area contributed by atoms with E-state index in [1.165, 1.54) is 6.08 Å². The average molecular weight is 287 g/mol. The topological polar surface area (TPSA) is 57.6 Å². The van der Waals surface area contributed by atoms with Crippen molar-refractivity contribution in [3.63, 3.8) is 0 Å². The summed E-state index contributed by atoms with van der Waals surface area (Å²) in [6.07, 6.45) is 5.81. The van der Waals surface area contributed by atoms with Crippen molar-refractivity contribution in [1.29, 1.82) is 0 Å². The zero-order chi connectivity index (χ0) is 15.4. The van der Waals surface area contributed by atoms with E-state index in [0.29, 0.717) is 5.56 Å². The largest absolute Gasteiger partial charge is 0.478 e. The first-order valence-corrected chi connectivity index (χ1v) is 7.33. The standard InChI is InChI=1S/C17H21NO3/c1-12-5-3-6-13(2)18(12)17(21)15-8-4-7-14(11-15)9-10-16(19)20/h4,7-13H,3,5-6H2,1-2H3,(H,19,20). The molecule has 2 unspecified atom stereocenters. The van der Waals surface area contributed by atoms with E-state index in [9.17, 15) is 9.59 Å². The predicted molar refractivity (Wildman–Crippen MR) is 82.1 cm³/mol. The summed E-state index contributed by atoms with van der Waals surface area (Å²) < 4.78 is 0. The highest BCUT2D eigenvalue weighted by molar-refractivity contribution is 5.95. The van der Waals surface area contributed by atoms with E-state index in [1.54, 1.807) is 24.3 Å². The number of carbonyl (C=O) groups is 2. The van der Waals surface area contributed by atoms with Crippen LogP contribution in [0.25, 0.3) is 6.08 Å². The lowest BCUT2D eigenvalue weighted by Crippen LogP contribution is -2.47. The van der Waals surface area contributed by atoms with Gasteiger partial charge in [0, 0.05) is 23.7 Å². The SMILES string of the molecule is CC1CCCC(C)N1C(=O)c1cccc(C=CC(=O)O)c1. The number of rotatable bonds is 3. The molecule has 2 atom stereocenters. The van der Waals surface area contributed by atoms with Gasteiger partial charge in [-0.05, 0) is 56.9 Å². The van der Waals surface area contributed by atoms with Crippen molar-refractivity contribution in [3.05, 3.63) is 41.5 Å². The van der Waals surface area contributed by atoms with Crippen LogP contribution in [0, 0.1) is 0 Å². The molecule has 21 heavy (non-hydrogen) atoms. The molecule has 2 rings (SSSR count). The molecule has 0 bridgehead atoms. The van der Waals surface area contributed by atoms with E-state index in [2.05, 4.69) is 13.8 Å². The van der Waals surface area contributed by atoms with Gasteiger partial charge in [0.15, 0.2) is 0 Å². The molecule has 112 valence electrons. The van der Waals surface area contributed by atoms with Crippen LogP contribution >= 0.6 is 0 Å². The Labute approximate surface area is 125 Å². The number of carboxylic acids is 1. The lowest BCUT2D eigenvalue weighted by Gasteiger charge is -2.39. The van der Waals surface area contributed by atoms with Crippen molar-refractivity contribution in [1.82, 2.24) is 4.90 Å². The van der Waals surface area contributed by atoms with Crippen LogP contribution in [-0.2, 0) is 4.79 Å². The minimum Gasteiger partial charge on any atom is -0.478 e. The molecule has 1 N–H and O–H groups in total. The highest BCUT2D eigenvalue weighted by atomic mass is 16.4. The molecule has 1 amide bonds. The van der Waals surface area contributed by atoms with E-state index in [4.69, 9.17) is 5.11 Å². The molecule has 4 heteroatoms. The first kappa shape index (κ1) is 15.3. The molecule has 1 aliphatic heterocycles. The second-order valence-corrected chi connectivity index (χ2v) is 5.64. The third-order valence-electron chi connectivity index (χ3n) is 3.98. The van der Waals surface area contributed by atoms with Gasteiger partial charge < -0.3 is 10.0 Å². The zero-order valence-corrected chi connectivity index (χ0v) is 12.5. The van der Waals surface area contributed by atoms with Gasteiger partial charge in [-0.15, -0.1) is 0 Å². The Hall–Kier alpha value is -2.10. The van der Waals surface area contributed by atoms with Crippen LogP contribution in [-0.4, -0.2) is 34.0 Å². The van der Waals surface area contributed by atoms with E-state index in [1.807, 2.05) is 4.90 Å². The summed E-state index contributed by atoms with van der Waals surface area (Å²) in [4.78, 5) is 25.2. The molecular formula is C17H21NO3. The van der Waals surface area contributed by atoms with Crippen LogP contribution in [0.15, 0.2) is 30.3 Å². The van der Waals surface area contributed by atoms with Crippen molar-refractivity contribution < 1.29 is 14.7 Å². The van der Waals surface area contributed by atoms with Crippen LogP contribution in [0.1, 0.15) is 49.0 Å². The van der Waals surface area contributed by atoms with Gasteiger partial charge in [-0.2, -0.15) is 0 Å². The summed E-state index contributed by atoms with van der Waals surface area (Å²) in [6.45, 7) is 4.17. The monoisotopic (exact) mass is 287 g/mol. The van der Waals surface area contributed by atoms with E-state index in [-0.39, 0.29) is 18.0 Å². The van der Waals surface area contributed by atoms with E-state index < -0.39 is 5.97 Å². The number of nitrogens with zero attached hydrogens (tertiary/aromatic N) is 1. The fourth-order valence-corrected chi connectivity index (χ4v) is 2.91. The Kier molecular flexibility index (Phi) is 4.78. The maximum absolute atomic E-state index is 12.7. The lowest BCUT2D eigenvalue weighted by atomic mass is 9.96. The van der Waals surface area contributed by atoms with Crippen LogP contribution < -0.4 is 0 Å². The Morgan fingerprint density at radius 3 is 2.52 bits per heavy atom. The Morgan fingerprint density at radius 2 is 1.90 bits per heavy atom. The van der Waals surface area contributed by atoms with Gasteiger partial charge in [0.05, 0.1) is 0 Å². The van der Waals surface area contributed by atoms with Crippen molar-refractivity contribution in [3.8, 4) is 0 Å². The normalized spacial score (nSPS) is 22.5. The van der Waals surface area contributed by atoms with Gasteiger partial charge in [0.1, 0.15) is 0 Å². The number of carboxylic acid groups (broad SMARTS) is 1. The molecule has 1 fully saturated rings. The van der Waals surface area contributed by atoms with Crippen LogP contribution in [0.3, 0.4) is 0 Å². The van der Waals surface area contributed by atoms with Crippen molar-refractivity contribution in [2.24, 2.45) is 0 Å². The maximum atomic E-state index is 12.7. The molecule has 0 aromatic heterocycles. The summed E-state index contributed by atoms with van der Waals surface area (Å²) in [5.41, 5.74) is 1.34. The van der Waals surface area contributed by atoms with Gasteiger partial charge in [-0.25, -0.2) is 4.79 Å². The highest BCUT2D eigenvalue weighted by Crippen LogP contribution is 2.24. The molecule has 0 aliphatic carbocycles. The van der Waals surface area contributed by atoms with Gasteiger partial charge in [0.25, 0.3) is 5.91 Å². The second-order valence-electron chi connectivity index (χ2n) is 5.64. The lowest BCUT2D eigenvalue weighted by molar-refractivity contribution is -0.131. The fraction of sp³-hybridized carbons (Fsp3) is 0.412. The average Bonchev–Trinajstić information content (AvgIpc) is 2.45. The Balaban J connectivity index is 2.22. The van der Waals surface area contributed by atoms with Crippen molar-refractivity contribution in [2.45, 2.75) is 45.2 Å². The molecule has 0 spiro atoms. The molecule has 4 nitrogen and oxygen atoms in total. The van der Waals surface area contributed by atoms with Gasteiger partial charge >= 0.3 is 5.97 Å². The van der Waals surface area contributed by atoms with E-state index >= 15 is 0 Å². The molecule has 1 aliphatic rings. The molecular weight excluding hydrogens is 266 g/mol. The Bertz CT molecular complexity index is 555. The summed E-state index contributed by atoms with van der Waals surface area (Å²) in [7, 11) is 0. The number of aliphatic carboxylic acids is 1. The first-order valence-electron chi connectivity index (χ1n) is 7.33. The van der Waals surface area contributed by atoms with Crippen molar-refractivity contribution in [2.75, 3.05) is 0 Å². The number of benzene rings is 1. The first-order chi connectivity index (χ1) is 9.99. The molecule has 1 aromatic rings. The third kappa shape index (κ3) is 3.72. The van der Waals surface area contributed by atoms with Crippen LogP contribution in [0.4, 0.5) is 0 Å². The number of hydrogen-bond acceptors (Lipinski definition) is 2. The minimum atomic E-state index is -0.995. The predicted octanol–water partition coefficient (Wildman–Crippen LogP) is 3.19. The summed E-state index contributed by atoms with van der Waals surface area (Å²) in [5, 5.41) is 8.66.